The van der Waals surface area contributed by atoms with Crippen LogP contribution in [-0.2, 0) is 4.79 Å². The van der Waals surface area contributed by atoms with Crippen LogP contribution in [0.5, 0.6) is 11.5 Å². The van der Waals surface area contributed by atoms with Gasteiger partial charge >= 0.3 is 0 Å². The molecule has 1 aromatic rings. The summed E-state index contributed by atoms with van der Waals surface area (Å²) in [5.41, 5.74) is 5.84. The predicted molar refractivity (Wildman–Crippen MR) is 84.1 cm³/mol. The Hall–Kier alpha value is -1.46. The predicted octanol–water partition coefficient (Wildman–Crippen LogP) is 1.88. The molecule has 0 spiro atoms. The van der Waals surface area contributed by atoms with Crippen LogP contribution in [0, 0.1) is 0 Å². The molecule has 1 aliphatic carbocycles. The van der Waals surface area contributed by atoms with Gasteiger partial charge in [0.1, 0.15) is 0 Å². The van der Waals surface area contributed by atoms with Gasteiger partial charge in [-0.05, 0) is 37.8 Å². The third-order valence-corrected chi connectivity index (χ3v) is 3.56. The molecular weight excluding hydrogens is 292 g/mol. The van der Waals surface area contributed by atoms with Crippen molar-refractivity contribution in [2.24, 2.45) is 5.73 Å². The van der Waals surface area contributed by atoms with Crippen molar-refractivity contribution < 1.29 is 14.3 Å². The Bertz CT molecular complexity index is 448. The minimum absolute atomic E-state index is 0. The normalized spacial score (nSPS) is 21.0. The summed E-state index contributed by atoms with van der Waals surface area (Å²) in [4.78, 5) is 11.9. The fourth-order valence-electron chi connectivity index (χ4n) is 2.41. The Balaban J connectivity index is 0.00000220. The monoisotopic (exact) mass is 314 g/mol. The third-order valence-electron chi connectivity index (χ3n) is 3.56. The van der Waals surface area contributed by atoms with Crippen molar-refractivity contribution >= 4 is 18.3 Å². The Kier molecular flexibility index (Phi) is 7.32. The second kappa shape index (κ2) is 8.74. The summed E-state index contributed by atoms with van der Waals surface area (Å²) in [7, 11) is 1.58. The smallest absolute Gasteiger partial charge is 0.258 e. The van der Waals surface area contributed by atoms with Crippen molar-refractivity contribution in [2.45, 2.75) is 37.8 Å². The summed E-state index contributed by atoms with van der Waals surface area (Å²) in [6.45, 7) is 0.00290. The number of carbonyl (C=O) groups excluding carboxylic acids is 1. The molecule has 6 heteroatoms. The van der Waals surface area contributed by atoms with Crippen LogP contribution in [0.15, 0.2) is 24.3 Å². The van der Waals surface area contributed by atoms with E-state index in [0.29, 0.717) is 11.5 Å². The van der Waals surface area contributed by atoms with E-state index in [0.717, 1.165) is 25.7 Å². The fourth-order valence-corrected chi connectivity index (χ4v) is 2.41. The molecule has 1 saturated carbocycles. The summed E-state index contributed by atoms with van der Waals surface area (Å²) in [6.07, 6.45) is 3.83. The molecule has 1 aliphatic rings. The van der Waals surface area contributed by atoms with Gasteiger partial charge in [-0.1, -0.05) is 12.1 Å². The molecule has 3 N–H and O–H groups in total. The molecule has 1 amide bonds. The first kappa shape index (κ1) is 17.6. The lowest BCUT2D eigenvalue weighted by molar-refractivity contribution is -0.124. The molecule has 0 heterocycles. The van der Waals surface area contributed by atoms with Crippen molar-refractivity contribution in [1.82, 2.24) is 5.32 Å². The molecule has 5 nitrogen and oxygen atoms in total. The van der Waals surface area contributed by atoms with Gasteiger partial charge in [0.15, 0.2) is 18.1 Å². The molecule has 0 unspecified atom stereocenters. The van der Waals surface area contributed by atoms with E-state index in [9.17, 15) is 4.79 Å². The lowest BCUT2D eigenvalue weighted by atomic mass is 9.92. The average Bonchev–Trinajstić information content (AvgIpc) is 2.48. The first-order valence-corrected chi connectivity index (χ1v) is 7.00. The van der Waals surface area contributed by atoms with E-state index in [4.69, 9.17) is 15.2 Å². The Morgan fingerprint density at radius 1 is 1.24 bits per heavy atom. The number of nitrogens with one attached hydrogen (secondary N) is 1. The number of halogens is 1. The lowest BCUT2D eigenvalue weighted by Crippen LogP contribution is -2.42. The highest BCUT2D eigenvalue weighted by Crippen LogP contribution is 2.25. The Morgan fingerprint density at radius 2 is 1.86 bits per heavy atom. The van der Waals surface area contributed by atoms with E-state index in [1.54, 1.807) is 19.2 Å². The maximum absolute atomic E-state index is 11.9. The molecule has 0 aliphatic heterocycles. The first-order valence-electron chi connectivity index (χ1n) is 7.00. The third kappa shape index (κ3) is 5.44. The van der Waals surface area contributed by atoms with Gasteiger partial charge in [0.05, 0.1) is 7.11 Å². The molecule has 0 atom stereocenters. The molecule has 0 bridgehead atoms. The number of amides is 1. The molecule has 0 aromatic heterocycles. The molecule has 2 rings (SSSR count). The van der Waals surface area contributed by atoms with E-state index in [2.05, 4.69) is 5.32 Å². The van der Waals surface area contributed by atoms with Gasteiger partial charge in [0.25, 0.3) is 5.91 Å². The number of nitrogens with two attached hydrogens (primary N) is 1. The van der Waals surface area contributed by atoms with Crippen molar-refractivity contribution in [1.29, 1.82) is 0 Å². The zero-order valence-electron chi connectivity index (χ0n) is 12.2. The van der Waals surface area contributed by atoms with Crippen LogP contribution in [-0.4, -0.2) is 31.7 Å². The fraction of sp³-hybridized carbons (Fsp3) is 0.533. The Morgan fingerprint density at radius 3 is 2.48 bits per heavy atom. The van der Waals surface area contributed by atoms with Gasteiger partial charge in [-0.15, -0.1) is 12.4 Å². The highest BCUT2D eigenvalue weighted by atomic mass is 35.5. The SMILES string of the molecule is COc1ccccc1OCC(=O)NC1CCC(N)CC1.Cl. The van der Waals surface area contributed by atoms with Crippen LogP contribution < -0.4 is 20.5 Å². The van der Waals surface area contributed by atoms with E-state index in [-0.39, 0.29) is 37.0 Å². The minimum atomic E-state index is -0.101. The summed E-state index contributed by atoms with van der Waals surface area (Å²) < 4.78 is 10.7. The maximum Gasteiger partial charge on any atom is 0.258 e. The highest BCUT2D eigenvalue weighted by molar-refractivity contribution is 5.85. The average molecular weight is 315 g/mol. The van der Waals surface area contributed by atoms with Crippen LogP contribution in [0.3, 0.4) is 0 Å². The molecule has 21 heavy (non-hydrogen) atoms. The number of para-hydroxylation sites is 2. The number of ether oxygens (including phenoxy) is 2. The van der Waals surface area contributed by atoms with Crippen LogP contribution in [0.1, 0.15) is 25.7 Å². The summed E-state index contributed by atoms with van der Waals surface area (Å²) in [5, 5.41) is 2.99. The van der Waals surface area contributed by atoms with Gasteiger partial charge in [0.2, 0.25) is 0 Å². The number of benzene rings is 1. The van der Waals surface area contributed by atoms with Gasteiger partial charge in [-0.25, -0.2) is 0 Å². The van der Waals surface area contributed by atoms with Crippen molar-refractivity contribution in [2.75, 3.05) is 13.7 Å². The molecule has 118 valence electrons. The van der Waals surface area contributed by atoms with Gasteiger partial charge in [-0.3, -0.25) is 4.79 Å². The number of hydrogen-bond acceptors (Lipinski definition) is 4. The van der Waals surface area contributed by atoms with Crippen LogP contribution in [0.2, 0.25) is 0 Å². The first-order chi connectivity index (χ1) is 9.69. The largest absolute Gasteiger partial charge is 0.493 e. The quantitative estimate of drug-likeness (QED) is 0.870. The number of carbonyl (C=O) groups is 1. The van der Waals surface area contributed by atoms with Gasteiger partial charge in [-0.2, -0.15) is 0 Å². The summed E-state index contributed by atoms with van der Waals surface area (Å²) in [5.74, 6) is 1.11. The summed E-state index contributed by atoms with van der Waals surface area (Å²) in [6, 6.07) is 7.80. The van der Waals surface area contributed by atoms with E-state index >= 15 is 0 Å². The second-order valence-corrected chi connectivity index (χ2v) is 5.12. The van der Waals surface area contributed by atoms with Gasteiger partial charge in [0, 0.05) is 12.1 Å². The van der Waals surface area contributed by atoms with Crippen LogP contribution in [0.4, 0.5) is 0 Å². The molecule has 0 saturated heterocycles. The molecule has 1 aromatic carbocycles. The minimum Gasteiger partial charge on any atom is -0.493 e. The molecule has 0 radical (unpaired) electrons. The zero-order chi connectivity index (χ0) is 14.4. The topological polar surface area (TPSA) is 73.6 Å². The van der Waals surface area contributed by atoms with Crippen LogP contribution >= 0.6 is 12.4 Å². The summed E-state index contributed by atoms with van der Waals surface area (Å²) >= 11 is 0. The lowest BCUT2D eigenvalue weighted by Gasteiger charge is -2.26. The number of rotatable bonds is 5. The van der Waals surface area contributed by atoms with Crippen molar-refractivity contribution in [3.63, 3.8) is 0 Å². The number of hydrogen-bond donors (Lipinski definition) is 2. The maximum atomic E-state index is 11.9. The van der Waals surface area contributed by atoms with Crippen molar-refractivity contribution in [3.8, 4) is 11.5 Å². The molecule has 1 fully saturated rings. The van der Waals surface area contributed by atoms with E-state index in [1.807, 2.05) is 12.1 Å². The highest BCUT2D eigenvalue weighted by Gasteiger charge is 2.20. The molecular formula is C15H23ClN2O3. The van der Waals surface area contributed by atoms with E-state index in [1.165, 1.54) is 0 Å². The number of methoxy groups -OCH3 is 1. The van der Waals surface area contributed by atoms with E-state index < -0.39 is 0 Å². The van der Waals surface area contributed by atoms with Gasteiger partial charge < -0.3 is 20.5 Å². The standard InChI is InChI=1S/C15H22N2O3.ClH/c1-19-13-4-2-3-5-14(13)20-10-15(18)17-12-8-6-11(16)7-9-12;/h2-5,11-12H,6-10,16H2,1H3,(H,17,18);1H. The second-order valence-electron chi connectivity index (χ2n) is 5.12. The van der Waals surface area contributed by atoms with Crippen LogP contribution in [0.25, 0.3) is 0 Å². The zero-order valence-corrected chi connectivity index (χ0v) is 13.0. The Labute approximate surface area is 131 Å². The van der Waals surface area contributed by atoms with Crippen molar-refractivity contribution in [3.05, 3.63) is 24.3 Å².